The van der Waals surface area contributed by atoms with Gasteiger partial charge in [-0.2, -0.15) is 5.26 Å². The van der Waals surface area contributed by atoms with E-state index in [0.29, 0.717) is 28.6 Å². The summed E-state index contributed by atoms with van der Waals surface area (Å²) in [6.07, 6.45) is 3.47. The molecule has 0 unspecified atom stereocenters. The zero-order chi connectivity index (χ0) is 18.9. The van der Waals surface area contributed by atoms with Crippen molar-refractivity contribution in [2.75, 3.05) is 11.9 Å². The highest BCUT2D eigenvalue weighted by Gasteiger charge is 2.12. The van der Waals surface area contributed by atoms with Crippen LogP contribution in [0.1, 0.15) is 25.3 Å². The molecule has 2 rings (SSSR count). The van der Waals surface area contributed by atoms with Crippen molar-refractivity contribution in [2.45, 2.75) is 19.8 Å². The molecule has 26 heavy (non-hydrogen) atoms. The smallest absolute Gasteiger partial charge is 0.266 e. The second kappa shape index (κ2) is 10.0. The number of benzene rings is 2. The minimum atomic E-state index is -0.505. The van der Waals surface area contributed by atoms with Gasteiger partial charge in [0.05, 0.1) is 6.61 Å². The van der Waals surface area contributed by atoms with Crippen LogP contribution in [0.25, 0.3) is 6.08 Å². The van der Waals surface area contributed by atoms with Crippen LogP contribution in [0.5, 0.6) is 5.75 Å². The molecular weight excluding hydrogens is 416 g/mol. The first kappa shape index (κ1) is 20.0. The number of hydrogen-bond acceptors (Lipinski definition) is 3. The lowest BCUT2D eigenvalue weighted by Gasteiger charge is -2.10. The number of carbonyl (C=O) groups is 1. The summed E-state index contributed by atoms with van der Waals surface area (Å²) >= 11 is 9.32. The van der Waals surface area contributed by atoms with Gasteiger partial charge in [0, 0.05) is 20.7 Å². The number of nitrogens with zero attached hydrogens (tertiary/aromatic N) is 1. The SMILES string of the molecule is CCCCOc1ccc(Br)cc1/C=C(/C#N)C(=O)Nc1cccc(Cl)c1. The fraction of sp³-hybridized carbons (Fsp3) is 0.200. The topological polar surface area (TPSA) is 62.1 Å². The van der Waals surface area contributed by atoms with Gasteiger partial charge in [0.25, 0.3) is 5.91 Å². The fourth-order valence-electron chi connectivity index (χ4n) is 2.16. The van der Waals surface area contributed by atoms with Gasteiger partial charge in [0.2, 0.25) is 0 Å². The normalized spacial score (nSPS) is 10.9. The van der Waals surface area contributed by atoms with E-state index in [-0.39, 0.29) is 5.57 Å². The van der Waals surface area contributed by atoms with Crippen LogP contribution < -0.4 is 10.1 Å². The molecule has 0 saturated heterocycles. The summed E-state index contributed by atoms with van der Waals surface area (Å²) in [5, 5.41) is 12.6. The maximum atomic E-state index is 12.4. The summed E-state index contributed by atoms with van der Waals surface area (Å²) in [6.45, 7) is 2.66. The Labute approximate surface area is 166 Å². The van der Waals surface area contributed by atoms with Crippen molar-refractivity contribution < 1.29 is 9.53 Å². The molecule has 0 aliphatic carbocycles. The third-order valence-electron chi connectivity index (χ3n) is 3.47. The maximum absolute atomic E-state index is 12.4. The van der Waals surface area contributed by atoms with Crippen molar-refractivity contribution in [1.29, 1.82) is 5.26 Å². The average molecular weight is 434 g/mol. The van der Waals surface area contributed by atoms with Crippen molar-refractivity contribution in [3.8, 4) is 11.8 Å². The maximum Gasteiger partial charge on any atom is 0.266 e. The van der Waals surface area contributed by atoms with Gasteiger partial charge in [-0.05, 0) is 48.9 Å². The van der Waals surface area contributed by atoms with Gasteiger partial charge in [0.1, 0.15) is 17.4 Å². The molecule has 2 aromatic carbocycles. The summed E-state index contributed by atoms with van der Waals surface area (Å²) < 4.78 is 6.60. The van der Waals surface area contributed by atoms with Gasteiger partial charge in [-0.1, -0.05) is 46.9 Å². The summed E-state index contributed by atoms with van der Waals surface area (Å²) in [4.78, 5) is 12.4. The van der Waals surface area contributed by atoms with Gasteiger partial charge < -0.3 is 10.1 Å². The average Bonchev–Trinajstić information content (AvgIpc) is 2.61. The quantitative estimate of drug-likeness (QED) is 0.339. The second-order valence-corrected chi connectivity index (χ2v) is 6.87. The minimum Gasteiger partial charge on any atom is -0.493 e. The van der Waals surface area contributed by atoms with Crippen molar-refractivity contribution in [3.05, 3.63) is 63.1 Å². The molecule has 6 heteroatoms. The number of carbonyl (C=O) groups excluding carboxylic acids is 1. The number of unbranched alkanes of at least 4 members (excludes halogenated alkanes) is 1. The predicted octanol–water partition coefficient (Wildman–Crippen LogP) is 5.83. The molecule has 0 saturated carbocycles. The van der Waals surface area contributed by atoms with Crippen LogP contribution in [0.15, 0.2) is 52.5 Å². The monoisotopic (exact) mass is 432 g/mol. The Balaban J connectivity index is 2.25. The number of nitriles is 1. The molecule has 0 aliphatic rings. The van der Waals surface area contributed by atoms with Crippen molar-refractivity contribution in [3.63, 3.8) is 0 Å². The van der Waals surface area contributed by atoms with E-state index >= 15 is 0 Å². The number of ether oxygens (including phenoxy) is 1. The number of hydrogen-bond donors (Lipinski definition) is 1. The van der Waals surface area contributed by atoms with Gasteiger partial charge in [-0.25, -0.2) is 0 Å². The highest BCUT2D eigenvalue weighted by molar-refractivity contribution is 9.10. The Hall–Kier alpha value is -2.29. The number of halogens is 2. The van der Waals surface area contributed by atoms with Gasteiger partial charge in [0.15, 0.2) is 0 Å². The molecule has 0 fully saturated rings. The third kappa shape index (κ3) is 5.91. The first-order chi connectivity index (χ1) is 12.5. The van der Waals surface area contributed by atoms with Crippen LogP contribution in [-0.2, 0) is 4.79 Å². The molecule has 0 atom stereocenters. The molecule has 0 radical (unpaired) electrons. The molecule has 1 amide bonds. The number of amides is 1. The van der Waals surface area contributed by atoms with E-state index in [1.807, 2.05) is 24.3 Å². The largest absolute Gasteiger partial charge is 0.493 e. The molecule has 0 aliphatic heterocycles. The molecule has 0 bridgehead atoms. The lowest BCUT2D eigenvalue weighted by molar-refractivity contribution is -0.112. The lowest BCUT2D eigenvalue weighted by Crippen LogP contribution is -2.13. The van der Waals surface area contributed by atoms with Crippen LogP contribution in [0.3, 0.4) is 0 Å². The summed E-state index contributed by atoms with van der Waals surface area (Å²) in [7, 11) is 0. The summed E-state index contributed by atoms with van der Waals surface area (Å²) in [6, 6.07) is 14.2. The second-order valence-electron chi connectivity index (χ2n) is 5.52. The Kier molecular flexibility index (Phi) is 7.71. The predicted molar refractivity (Wildman–Crippen MR) is 108 cm³/mol. The number of nitrogens with one attached hydrogen (secondary N) is 1. The zero-order valence-electron chi connectivity index (χ0n) is 14.3. The zero-order valence-corrected chi connectivity index (χ0v) is 16.6. The molecule has 2 aromatic rings. The van der Waals surface area contributed by atoms with Gasteiger partial charge >= 0.3 is 0 Å². The molecule has 4 nitrogen and oxygen atoms in total. The van der Waals surface area contributed by atoms with E-state index in [1.54, 1.807) is 24.3 Å². The van der Waals surface area contributed by atoms with Crippen molar-refractivity contribution in [1.82, 2.24) is 0 Å². The van der Waals surface area contributed by atoms with Crippen molar-refractivity contribution in [2.24, 2.45) is 0 Å². The van der Waals surface area contributed by atoms with Crippen molar-refractivity contribution >= 4 is 45.2 Å². The summed E-state index contributed by atoms with van der Waals surface area (Å²) in [5.74, 6) is 0.124. The van der Waals surface area contributed by atoms with Crippen LogP contribution in [0, 0.1) is 11.3 Å². The van der Waals surface area contributed by atoms with Gasteiger partial charge in [-0.15, -0.1) is 0 Å². The molecule has 134 valence electrons. The van der Waals surface area contributed by atoms with Crippen LogP contribution in [0.2, 0.25) is 5.02 Å². The Morgan fingerprint density at radius 3 is 2.85 bits per heavy atom. The van der Waals surface area contributed by atoms with E-state index in [1.165, 1.54) is 6.08 Å². The van der Waals surface area contributed by atoms with E-state index < -0.39 is 5.91 Å². The van der Waals surface area contributed by atoms with E-state index in [2.05, 4.69) is 28.2 Å². The molecular formula is C20H18BrClN2O2. The van der Waals surface area contributed by atoms with Crippen LogP contribution in [0.4, 0.5) is 5.69 Å². The first-order valence-corrected chi connectivity index (χ1v) is 9.31. The molecule has 0 heterocycles. The first-order valence-electron chi connectivity index (χ1n) is 8.14. The Morgan fingerprint density at radius 1 is 1.35 bits per heavy atom. The highest BCUT2D eigenvalue weighted by Crippen LogP contribution is 2.26. The van der Waals surface area contributed by atoms with Gasteiger partial charge in [-0.3, -0.25) is 4.79 Å². The lowest BCUT2D eigenvalue weighted by atomic mass is 10.1. The van der Waals surface area contributed by atoms with E-state index in [4.69, 9.17) is 16.3 Å². The number of rotatable bonds is 7. The van der Waals surface area contributed by atoms with E-state index in [9.17, 15) is 10.1 Å². The van der Waals surface area contributed by atoms with E-state index in [0.717, 1.165) is 17.3 Å². The highest BCUT2D eigenvalue weighted by atomic mass is 79.9. The third-order valence-corrected chi connectivity index (χ3v) is 4.20. The van der Waals surface area contributed by atoms with Crippen LogP contribution >= 0.6 is 27.5 Å². The Morgan fingerprint density at radius 2 is 2.15 bits per heavy atom. The summed E-state index contributed by atoms with van der Waals surface area (Å²) in [5.41, 5.74) is 1.16. The van der Waals surface area contributed by atoms with Crippen LogP contribution in [-0.4, -0.2) is 12.5 Å². The Bertz CT molecular complexity index is 859. The standard InChI is InChI=1S/C20H18BrClN2O2/c1-2-3-9-26-19-8-7-16(21)11-14(19)10-15(13-23)20(25)24-18-6-4-5-17(22)12-18/h4-8,10-12H,2-3,9H2,1H3,(H,24,25)/b15-10-. The minimum absolute atomic E-state index is 0.0246. The number of anilines is 1. The molecule has 1 N–H and O–H groups in total. The molecule has 0 spiro atoms. The molecule has 0 aromatic heterocycles. The fourth-order valence-corrected chi connectivity index (χ4v) is 2.73.